The molecule has 6 nitrogen and oxygen atoms in total. The molecule has 0 spiro atoms. The van der Waals surface area contributed by atoms with Gasteiger partial charge in [-0.15, -0.1) is 0 Å². The molecule has 33 heavy (non-hydrogen) atoms. The van der Waals surface area contributed by atoms with E-state index in [0.29, 0.717) is 28.1 Å². The van der Waals surface area contributed by atoms with E-state index in [1.807, 2.05) is 6.07 Å². The van der Waals surface area contributed by atoms with E-state index >= 15 is 0 Å². The van der Waals surface area contributed by atoms with Crippen LogP contribution in [0.25, 0.3) is 5.76 Å². The number of rotatable bonds is 4. The molecule has 1 unspecified atom stereocenters. The van der Waals surface area contributed by atoms with Crippen molar-refractivity contribution in [2.45, 2.75) is 13.0 Å². The van der Waals surface area contributed by atoms with Crippen molar-refractivity contribution in [3.8, 4) is 11.8 Å². The van der Waals surface area contributed by atoms with Gasteiger partial charge in [-0.25, -0.2) is 4.39 Å². The number of aryl methyl sites for hydroxylation is 1. The predicted molar refractivity (Wildman–Crippen MR) is 120 cm³/mol. The fourth-order valence-electron chi connectivity index (χ4n) is 3.94. The number of nitriles is 1. The quantitative estimate of drug-likeness (QED) is 0.361. The number of aliphatic hydroxyl groups excluding tert-OH is 1. The fraction of sp³-hybridized carbons (Fsp3) is 0.115. The number of aliphatic hydroxyl groups is 1. The van der Waals surface area contributed by atoms with Gasteiger partial charge in [-0.05, 0) is 72.6 Å². The number of carbonyl (C=O) groups excluding carboxylic acids is 2. The van der Waals surface area contributed by atoms with Gasteiger partial charge in [0.25, 0.3) is 11.7 Å². The second-order valence-corrected chi connectivity index (χ2v) is 7.56. The Balaban J connectivity index is 1.92. The summed E-state index contributed by atoms with van der Waals surface area (Å²) in [6.45, 7) is 1.79. The molecule has 0 radical (unpaired) electrons. The maximum Gasteiger partial charge on any atom is 0.300 e. The lowest BCUT2D eigenvalue weighted by Gasteiger charge is -2.25. The summed E-state index contributed by atoms with van der Waals surface area (Å²) in [5, 5.41) is 20.2. The first-order valence-electron chi connectivity index (χ1n) is 10.1. The lowest BCUT2D eigenvalue weighted by molar-refractivity contribution is -0.132. The Bertz CT molecular complexity index is 1320. The molecule has 1 atom stereocenters. The van der Waals surface area contributed by atoms with Crippen molar-refractivity contribution in [1.29, 1.82) is 5.26 Å². The summed E-state index contributed by atoms with van der Waals surface area (Å²) in [6.07, 6.45) is 0. The topological polar surface area (TPSA) is 90.6 Å². The van der Waals surface area contributed by atoms with Gasteiger partial charge in [-0.1, -0.05) is 12.1 Å². The van der Waals surface area contributed by atoms with Crippen LogP contribution in [-0.4, -0.2) is 23.9 Å². The van der Waals surface area contributed by atoms with Crippen LogP contribution >= 0.6 is 0 Å². The van der Waals surface area contributed by atoms with E-state index < -0.39 is 23.5 Å². The Morgan fingerprint density at radius 3 is 2.30 bits per heavy atom. The molecule has 0 bridgehead atoms. The first kappa shape index (κ1) is 21.8. The third kappa shape index (κ3) is 3.83. The average Bonchev–Trinajstić information content (AvgIpc) is 3.09. The van der Waals surface area contributed by atoms with E-state index in [9.17, 15) is 19.1 Å². The van der Waals surface area contributed by atoms with E-state index in [2.05, 4.69) is 0 Å². The molecule has 1 heterocycles. The van der Waals surface area contributed by atoms with Gasteiger partial charge in [0.15, 0.2) is 0 Å². The minimum atomic E-state index is -0.985. The molecule has 4 rings (SSSR count). The summed E-state index contributed by atoms with van der Waals surface area (Å²) >= 11 is 0. The van der Waals surface area contributed by atoms with Crippen LogP contribution in [0.4, 0.5) is 10.1 Å². The van der Waals surface area contributed by atoms with Gasteiger partial charge >= 0.3 is 0 Å². The summed E-state index contributed by atoms with van der Waals surface area (Å²) in [4.78, 5) is 27.5. The van der Waals surface area contributed by atoms with Crippen molar-refractivity contribution < 1.29 is 23.8 Å². The van der Waals surface area contributed by atoms with E-state index in [1.54, 1.807) is 37.3 Å². The van der Waals surface area contributed by atoms with Gasteiger partial charge < -0.3 is 9.84 Å². The van der Waals surface area contributed by atoms with Gasteiger partial charge in [0.05, 0.1) is 30.4 Å². The van der Waals surface area contributed by atoms with Crippen molar-refractivity contribution >= 4 is 23.1 Å². The minimum absolute atomic E-state index is 0.111. The molecule has 1 amide bonds. The van der Waals surface area contributed by atoms with Crippen LogP contribution in [0.5, 0.6) is 5.75 Å². The van der Waals surface area contributed by atoms with Crippen molar-refractivity contribution in [1.82, 2.24) is 0 Å². The number of hydrogen-bond acceptors (Lipinski definition) is 5. The molecule has 1 aliphatic heterocycles. The number of benzene rings is 3. The Labute approximate surface area is 189 Å². The molecule has 0 aliphatic carbocycles. The monoisotopic (exact) mass is 442 g/mol. The first-order valence-corrected chi connectivity index (χ1v) is 10.1. The van der Waals surface area contributed by atoms with Crippen LogP contribution in [0.1, 0.15) is 28.3 Å². The number of Topliss-reactive ketones (excluding diaryl/α,β-unsaturated/α-hetero) is 1. The fourth-order valence-corrected chi connectivity index (χ4v) is 3.94. The molecule has 1 saturated heterocycles. The minimum Gasteiger partial charge on any atom is -0.507 e. The summed E-state index contributed by atoms with van der Waals surface area (Å²) in [6, 6.07) is 17.5. The van der Waals surface area contributed by atoms with Crippen LogP contribution in [0.15, 0.2) is 72.3 Å². The highest BCUT2D eigenvalue weighted by Crippen LogP contribution is 2.42. The third-order valence-corrected chi connectivity index (χ3v) is 5.57. The first-order chi connectivity index (χ1) is 15.8. The number of carbonyl (C=O) groups is 2. The number of ketones is 1. The van der Waals surface area contributed by atoms with Crippen molar-refractivity contribution in [3.63, 3.8) is 0 Å². The molecule has 164 valence electrons. The van der Waals surface area contributed by atoms with Crippen LogP contribution in [-0.2, 0) is 9.59 Å². The molecule has 0 saturated carbocycles. The molecule has 0 aromatic heterocycles. The predicted octanol–water partition coefficient (Wildman–Crippen LogP) is 4.64. The van der Waals surface area contributed by atoms with Crippen molar-refractivity contribution in [2.75, 3.05) is 12.0 Å². The van der Waals surface area contributed by atoms with Gasteiger partial charge in [0.1, 0.15) is 17.3 Å². The van der Waals surface area contributed by atoms with Crippen molar-refractivity contribution in [3.05, 3.63) is 100 Å². The molecule has 3 aromatic rings. The number of amides is 1. The smallest absolute Gasteiger partial charge is 0.300 e. The molecule has 7 heteroatoms. The number of nitrogens with zero attached hydrogens (tertiary/aromatic N) is 2. The van der Waals surface area contributed by atoms with Gasteiger partial charge in [0, 0.05) is 11.3 Å². The lowest BCUT2D eigenvalue weighted by atomic mass is 9.94. The molecule has 1 aliphatic rings. The number of anilines is 1. The van der Waals surface area contributed by atoms with Gasteiger partial charge in [-0.2, -0.15) is 5.26 Å². The van der Waals surface area contributed by atoms with E-state index in [1.165, 1.54) is 48.4 Å². The molecular formula is C26H19FN2O4. The lowest BCUT2D eigenvalue weighted by Crippen LogP contribution is -2.29. The maximum absolute atomic E-state index is 13.6. The Hall–Kier alpha value is -4.44. The van der Waals surface area contributed by atoms with Crippen LogP contribution in [0.3, 0.4) is 0 Å². The third-order valence-electron chi connectivity index (χ3n) is 5.57. The van der Waals surface area contributed by atoms with E-state index in [-0.39, 0.29) is 11.3 Å². The summed E-state index contributed by atoms with van der Waals surface area (Å²) < 4.78 is 18.9. The zero-order chi connectivity index (χ0) is 23.7. The second-order valence-electron chi connectivity index (χ2n) is 7.56. The van der Waals surface area contributed by atoms with E-state index in [0.717, 1.165) is 5.56 Å². The number of hydrogen-bond donors (Lipinski definition) is 1. The number of halogens is 1. The van der Waals surface area contributed by atoms with Crippen LogP contribution < -0.4 is 9.64 Å². The normalized spacial score (nSPS) is 17.2. The van der Waals surface area contributed by atoms with Crippen molar-refractivity contribution in [2.24, 2.45) is 0 Å². The number of ether oxygens (including phenoxy) is 1. The molecule has 1 N–H and O–H groups in total. The van der Waals surface area contributed by atoms with Crippen LogP contribution in [0.2, 0.25) is 0 Å². The van der Waals surface area contributed by atoms with Crippen LogP contribution in [0, 0.1) is 24.1 Å². The number of methoxy groups -OCH3 is 1. The SMILES string of the molecule is COc1ccc(/C(O)=C2/C(=O)C(=O)N(c3ccc(C#N)cc3)C2c2ccc(F)cc2)cc1C. The highest BCUT2D eigenvalue weighted by Gasteiger charge is 2.47. The molecule has 3 aromatic carbocycles. The second kappa shape index (κ2) is 8.60. The largest absolute Gasteiger partial charge is 0.507 e. The Morgan fingerprint density at radius 2 is 1.73 bits per heavy atom. The average molecular weight is 442 g/mol. The Kier molecular flexibility index (Phi) is 5.67. The summed E-state index contributed by atoms with van der Waals surface area (Å²) in [5.74, 6) is -1.90. The summed E-state index contributed by atoms with van der Waals surface area (Å²) in [7, 11) is 1.53. The van der Waals surface area contributed by atoms with E-state index in [4.69, 9.17) is 10.00 Å². The van der Waals surface area contributed by atoms with Gasteiger partial charge in [-0.3, -0.25) is 14.5 Å². The molecular weight excluding hydrogens is 423 g/mol. The molecule has 1 fully saturated rings. The maximum atomic E-state index is 13.6. The summed E-state index contributed by atoms with van der Waals surface area (Å²) in [5.41, 5.74) is 2.18. The zero-order valence-electron chi connectivity index (χ0n) is 17.9. The standard InChI is InChI=1S/C26H19FN2O4/c1-15-13-18(7-12-21(15)33-2)24(30)22-23(17-5-8-19(27)9-6-17)29(26(32)25(22)31)20-10-3-16(14-28)4-11-20/h3-13,23,30H,1-2H3/b24-22-. The highest BCUT2D eigenvalue weighted by atomic mass is 19.1. The Morgan fingerprint density at radius 1 is 1.06 bits per heavy atom. The zero-order valence-corrected chi connectivity index (χ0v) is 17.9. The highest BCUT2D eigenvalue weighted by molar-refractivity contribution is 6.51. The van der Waals surface area contributed by atoms with Gasteiger partial charge in [0.2, 0.25) is 0 Å².